The van der Waals surface area contributed by atoms with E-state index in [1.165, 1.54) is 0 Å². The van der Waals surface area contributed by atoms with Crippen molar-refractivity contribution in [2.24, 2.45) is 5.73 Å². The summed E-state index contributed by atoms with van der Waals surface area (Å²) in [6.45, 7) is -0.00176. The summed E-state index contributed by atoms with van der Waals surface area (Å²) in [5, 5.41) is 2.89. The minimum absolute atomic E-state index is 0.00176. The lowest BCUT2D eigenvalue weighted by atomic mass is 10.1. The SMILES string of the molecule is COc1ccccc1/C=C/C1NC(=O)c2ccccc2N1CC(N)=O. The van der Waals surface area contributed by atoms with Crippen LogP contribution in [0.5, 0.6) is 5.75 Å². The highest BCUT2D eigenvalue weighted by Gasteiger charge is 2.29. The predicted molar refractivity (Wildman–Crippen MR) is 96.3 cm³/mol. The Morgan fingerprint density at radius 3 is 2.72 bits per heavy atom. The highest BCUT2D eigenvalue weighted by Crippen LogP contribution is 2.27. The van der Waals surface area contributed by atoms with E-state index in [4.69, 9.17) is 10.5 Å². The molecule has 6 nitrogen and oxygen atoms in total. The molecule has 25 heavy (non-hydrogen) atoms. The molecule has 3 N–H and O–H groups in total. The summed E-state index contributed by atoms with van der Waals surface area (Å²) >= 11 is 0. The Labute approximate surface area is 145 Å². The monoisotopic (exact) mass is 337 g/mol. The number of primary amides is 1. The standard InChI is InChI=1S/C19H19N3O3/c1-25-16-9-5-2-6-13(16)10-11-18-21-19(24)14-7-3-4-8-15(14)22(18)12-17(20)23/h2-11,18H,12H2,1H3,(H2,20,23)(H,21,24)/b11-10+. The second-order valence-corrected chi connectivity index (χ2v) is 5.63. The first-order valence-corrected chi connectivity index (χ1v) is 7.86. The van der Waals surface area contributed by atoms with Gasteiger partial charge in [0.1, 0.15) is 11.9 Å². The molecule has 0 spiro atoms. The number of anilines is 1. The van der Waals surface area contributed by atoms with Crippen molar-refractivity contribution in [3.8, 4) is 5.75 Å². The highest BCUT2D eigenvalue weighted by molar-refractivity contribution is 6.03. The molecule has 0 saturated heterocycles. The lowest BCUT2D eigenvalue weighted by Gasteiger charge is -2.36. The van der Waals surface area contributed by atoms with Crippen LogP contribution in [-0.2, 0) is 4.79 Å². The number of nitrogens with two attached hydrogens (primary N) is 1. The molecule has 0 bridgehead atoms. The summed E-state index contributed by atoms with van der Waals surface area (Å²) < 4.78 is 5.33. The van der Waals surface area contributed by atoms with Crippen LogP contribution in [0.3, 0.4) is 0 Å². The van der Waals surface area contributed by atoms with Crippen molar-refractivity contribution in [3.05, 3.63) is 65.7 Å². The molecule has 1 aliphatic rings. The van der Waals surface area contributed by atoms with Gasteiger partial charge in [-0.3, -0.25) is 9.59 Å². The van der Waals surface area contributed by atoms with Gasteiger partial charge in [-0.2, -0.15) is 0 Å². The molecule has 2 aromatic rings. The first-order valence-electron chi connectivity index (χ1n) is 7.86. The van der Waals surface area contributed by atoms with Gasteiger partial charge >= 0.3 is 0 Å². The van der Waals surface area contributed by atoms with Gasteiger partial charge in [-0.15, -0.1) is 0 Å². The van der Waals surface area contributed by atoms with Crippen molar-refractivity contribution in [1.82, 2.24) is 5.32 Å². The number of nitrogens with zero attached hydrogens (tertiary/aromatic N) is 1. The molecule has 1 unspecified atom stereocenters. The quantitative estimate of drug-likeness (QED) is 0.871. The number of carbonyl (C=O) groups excluding carboxylic acids is 2. The second-order valence-electron chi connectivity index (χ2n) is 5.63. The zero-order valence-electron chi connectivity index (χ0n) is 13.8. The third kappa shape index (κ3) is 3.47. The number of benzene rings is 2. The van der Waals surface area contributed by atoms with Gasteiger partial charge in [0, 0.05) is 5.56 Å². The van der Waals surface area contributed by atoms with E-state index in [1.807, 2.05) is 42.5 Å². The molecule has 3 rings (SSSR count). The van der Waals surface area contributed by atoms with Gasteiger partial charge in [0.25, 0.3) is 5.91 Å². The predicted octanol–water partition coefficient (Wildman–Crippen LogP) is 1.77. The molecular weight excluding hydrogens is 318 g/mol. The summed E-state index contributed by atoms with van der Waals surface area (Å²) in [7, 11) is 1.60. The van der Waals surface area contributed by atoms with Crippen molar-refractivity contribution >= 4 is 23.6 Å². The number of amides is 2. The highest BCUT2D eigenvalue weighted by atomic mass is 16.5. The number of ether oxygens (including phenoxy) is 1. The molecule has 0 fully saturated rings. The molecule has 1 aliphatic heterocycles. The van der Waals surface area contributed by atoms with Crippen molar-refractivity contribution in [3.63, 3.8) is 0 Å². The van der Waals surface area contributed by atoms with Gasteiger partial charge < -0.3 is 20.7 Å². The van der Waals surface area contributed by atoms with E-state index >= 15 is 0 Å². The number of nitrogens with one attached hydrogen (secondary N) is 1. The van der Waals surface area contributed by atoms with E-state index in [1.54, 1.807) is 30.2 Å². The van der Waals surface area contributed by atoms with Crippen LogP contribution in [0.1, 0.15) is 15.9 Å². The Hall–Kier alpha value is -3.28. The summed E-state index contributed by atoms with van der Waals surface area (Å²) in [5.74, 6) is 0.0652. The topological polar surface area (TPSA) is 84.7 Å². The minimum Gasteiger partial charge on any atom is -0.496 e. The largest absolute Gasteiger partial charge is 0.496 e. The maximum absolute atomic E-state index is 12.3. The Morgan fingerprint density at radius 1 is 1.24 bits per heavy atom. The summed E-state index contributed by atoms with van der Waals surface area (Å²) in [4.78, 5) is 25.6. The van der Waals surface area contributed by atoms with Crippen LogP contribution in [0.15, 0.2) is 54.6 Å². The average Bonchev–Trinajstić information content (AvgIpc) is 2.62. The van der Waals surface area contributed by atoms with E-state index in [-0.39, 0.29) is 12.5 Å². The van der Waals surface area contributed by atoms with Crippen LogP contribution in [0.25, 0.3) is 6.08 Å². The Balaban J connectivity index is 1.95. The first-order chi connectivity index (χ1) is 12.1. The van der Waals surface area contributed by atoms with E-state index < -0.39 is 12.1 Å². The van der Waals surface area contributed by atoms with Crippen LogP contribution >= 0.6 is 0 Å². The Morgan fingerprint density at radius 2 is 1.96 bits per heavy atom. The second kappa shape index (κ2) is 7.09. The molecule has 128 valence electrons. The molecule has 0 saturated carbocycles. The van der Waals surface area contributed by atoms with Crippen LogP contribution in [0.4, 0.5) is 5.69 Å². The van der Waals surface area contributed by atoms with E-state index in [2.05, 4.69) is 5.32 Å². The van der Waals surface area contributed by atoms with Crippen molar-refractivity contribution in [2.75, 3.05) is 18.6 Å². The normalized spacial score (nSPS) is 16.4. The number of hydrogen-bond donors (Lipinski definition) is 2. The van der Waals surface area contributed by atoms with Crippen LogP contribution in [0.2, 0.25) is 0 Å². The third-order valence-corrected chi connectivity index (χ3v) is 4.00. The molecular formula is C19H19N3O3. The molecule has 1 heterocycles. The lowest BCUT2D eigenvalue weighted by molar-refractivity contribution is -0.116. The van der Waals surface area contributed by atoms with Gasteiger partial charge in [0.05, 0.1) is 24.9 Å². The van der Waals surface area contributed by atoms with Gasteiger partial charge in [-0.25, -0.2) is 0 Å². The molecule has 6 heteroatoms. The summed E-state index contributed by atoms with van der Waals surface area (Å²) in [6.07, 6.45) is 3.18. The molecule has 1 atom stereocenters. The lowest BCUT2D eigenvalue weighted by Crippen LogP contribution is -2.54. The van der Waals surface area contributed by atoms with Crippen molar-refractivity contribution < 1.29 is 14.3 Å². The zero-order chi connectivity index (χ0) is 17.8. The fraction of sp³-hybridized carbons (Fsp3) is 0.158. The number of methoxy groups -OCH3 is 1. The Kier molecular flexibility index (Phi) is 4.70. The molecule has 2 amide bonds. The third-order valence-electron chi connectivity index (χ3n) is 4.00. The fourth-order valence-corrected chi connectivity index (χ4v) is 2.86. The van der Waals surface area contributed by atoms with E-state index in [0.29, 0.717) is 11.3 Å². The average molecular weight is 337 g/mol. The Bertz CT molecular complexity index is 832. The number of rotatable bonds is 5. The van der Waals surface area contributed by atoms with Gasteiger partial charge in [0.2, 0.25) is 5.91 Å². The van der Waals surface area contributed by atoms with Crippen molar-refractivity contribution in [2.45, 2.75) is 6.17 Å². The van der Waals surface area contributed by atoms with Gasteiger partial charge in [-0.1, -0.05) is 36.4 Å². The molecule has 0 aliphatic carbocycles. The van der Waals surface area contributed by atoms with Gasteiger partial charge in [-0.05, 0) is 24.3 Å². The van der Waals surface area contributed by atoms with E-state index in [0.717, 1.165) is 11.3 Å². The fourth-order valence-electron chi connectivity index (χ4n) is 2.86. The van der Waals surface area contributed by atoms with E-state index in [9.17, 15) is 9.59 Å². The molecule has 0 radical (unpaired) electrons. The number of hydrogen-bond acceptors (Lipinski definition) is 4. The minimum atomic E-state index is -0.486. The summed E-state index contributed by atoms with van der Waals surface area (Å²) in [6, 6.07) is 14.7. The molecule has 2 aromatic carbocycles. The zero-order valence-corrected chi connectivity index (χ0v) is 13.8. The number of para-hydroxylation sites is 2. The first kappa shape index (κ1) is 16.6. The van der Waals surface area contributed by atoms with Crippen LogP contribution < -0.4 is 20.7 Å². The number of fused-ring (bicyclic) bond motifs is 1. The number of carbonyl (C=O) groups is 2. The van der Waals surface area contributed by atoms with Gasteiger partial charge in [0.15, 0.2) is 0 Å². The van der Waals surface area contributed by atoms with Crippen molar-refractivity contribution in [1.29, 1.82) is 0 Å². The maximum Gasteiger partial charge on any atom is 0.255 e. The smallest absolute Gasteiger partial charge is 0.255 e. The summed E-state index contributed by atoms with van der Waals surface area (Å²) in [5.41, 5.74) is 7.46. The maximum atomic E-state index is 12.3. The van der Waals surface area contributed by atoms with Crippen LogP contribution in [0, 0.1) is 0 Å². The molecule has 0 aromatic heterocycles. The van der Waals surface area contributed by atoms with Crippen LogP contribution in [-0.4, -0.2) is 31.6 Å².